The minimum absolute atomic E-state index is 0.173. The van der Waals surface area contributed by atoms with Gasteiger partial charge in [0.25, 0.3) is 0 Å². The lowest BCUT2D eigenvalue weighted by molar-refractivity contribution is -0.138. The first-order chi connectivity index (χ1) is 8.99. The number of hydrogen-bond donors (Lipinski definition) is 2. The van der Waals surface area contributed by atoms with Crippen LogP contribution in [0.3, 0.4) is 0 Å². The van der Waals surface area contributed by atoms with Crippen molar-refractivity contribution in [2.75, 3.05) is 39.3 Å². The molecule has 0 bridgehead atoms. The molecule has 0 radical (unpaired) electrons. The van der Waals surface area contributed by atoms with Crippen LogP contribution in [0.2, 0.25) is 0 Å². The molecule has 6 heteroatoms. The fourth-order valence-corrected chi connectivity index (χ4v) is 2.10. The summed E-state index contributed by atoms with van der Waals surface area (Å²) in [4.78, 5) is 26.4. The van der Waals surface area contributed by atoms with Gasteiger partial charge in [-0.2, -0.15) is 0 Å². The summed E-state index contributed by atoms with van der Waals surface area (Å²) in [6.07, 6.45) is 0.708. The number of carbonyl (C=O) groups is 2. The molecule has 1 fully saturated rings. The summed E-state index contributed by atoms with van der Waals surface area (Å²) in [6, 6.07) is 0.403. The second-order valence-electron chi connectivity index (χ2n) is 5.22. The molecule has 1 rings (SSSR count). The highest BCUT2D eigenvalue weighted by molar-refractivity contribution is 5.76. The Labute approximate surface area is 114 Å². The minimum Gasteiger partial charge on any atom is -0.481 e. The van der Waals surface area contributed by atoms with E-state index in [0.717, 1.165) is 19.6 Å². The van der Waals surface area contributed by atoms with Gasteiger partial charge in [0.05, 0.1) is 6.42 Å². The Morgan fingerprint density at radius 1 is 1.16 bits per heavy atom. The van der Waals surface area contributed by atoms with Crippen molar-refractivity contribution in [1.82, 2.24) is 15.1 Å². The summed E-state index contributed by atoms with van der Waals surface area (Å²) in [6.45, 7) is 8.38. The molecule has 19 heavy (non-hydrogen) atoms. The quantitative estimate of drug-likeness (QED) is 0.681. The molecule has 1 amide bonds. The number of piperazine rings is 1. The number of aliphatic carboxylic acids is 1. The third-order valence-corrected chi connectivity index (χ3v) is 3.26. The third-order valence-electron chi connectivity index (χ3n) is 3.26. The van der Waals surface area contributed by atoms with Crippen LogP contribution in [-0.4, -0.2) is 72.1 Å². The van der Waals surface area contributed by atoms with Gasteiger partial charge in [-0.25, -0.2) is 0 Å². The van der Waals surface area contributed by atoms with Crippen LogP contribution in [-0.2, 0) is 9.59 Å². The number of nitrogens with zero attached hydrogens (tertiary/aromatic N) is 2. The summed E-state index contributed by atoms with van der Waals surface area (Å²) in [7, 11) is 0. The van der Waals surface area contributed by atoms with E-state index in [1.165, 1.54) is 0 Å². The van der Waals surface area contributed by atoms with Crippen molar-refractivity contribution in [2.45, 2.75) is 32.7 Å². The molecule has 1 aliphatic heterocycles. The Morgan fingerprint density at radius 2 is 1.79 bits per heavy atom. The molecule has 0 aromatic heterocycles. The van der Waals surface area contributed by atoms with E-state index in [2.05, 4.69) is 24.1 Å². The van der Waals surface area contributed by atoms with Crippen molar-refractivity contribution in [2.24, 2.45) is 0 Å². The smallest absolute Gasteiger partial charge is 0.304 e. The average Bonchev–Trinajstić information content (AvgIpc) is 2.36. The van der Waals surface area contributed by atoms with Crippen LogP contribution in [0.4, 0.5) is 0 Å². The van der Waals surface area contributed by atoms with Gasteiger partial charge in [0, 0.05) is 51.7 Å². The van der Waals surface area contributed by atoms with Crippen LogP contribution in [0, 0.1) is 0 Å². The molecule has 0 aromatic rings. The predicted octanol–water partition coefficient (Wildman–Crippen LogP) is -0.00660. The van der Waals surface area contributed by atoms with Gasteiger partial charge < -0.3 is 15.3 Å². The molecule has 0 unspecified atom stereocenters. The first kappa shape index (κ1) is 15.9. The zero-order valence-corrected chi connectivity index (χ0v) is 11.9. The van der Waals surface area contributed by atoms with Crippen molar-refractivity contribution in [3.63, 3.8) is 0 Å². The van der Waals surface area contributed by atoms with E-state index in [1.54, 1.807) is 0 Å². The fourth-order valence-electron chi connectivity index (χ4n) is 2.10. The maximum Gasteiger partial charge on any atom is 0.304 e. The van der Waals surface area contributed by atoms with Crippen LogP contribution < -0.4 is 5.32 Å². The number of hydrogen-bond acceptors (Lipinski definition) is 4. The largest absolute Gasteiger partial charge is 0.481 e. The van der Waals surface area contributed by atoms with Crippen LogP contribution in [0.1, 0.15) is 26.7 Å². The average molecular weight is 271 g/mol. The Bertz CT molecular complexity index is 300. The number of nitrogens with one attached hydrogen (secondary N) is 1. The Hall–Kier alpha value is -1.14. The molecule has 0 atom stereocenters. The molecule has 110 valence electrons. The molecule has 1 heterocycles. The third kappa shape index (κ3) is 6.54. The SMILES string of the molecule is CC(C)NCCC(=O)N1CCN(CCC(=O)O)CC1. The van der Waals surface area contributed by atoms with Gasteiger partial charge in [0.15, 0.2) is 0 Å². The number of carboxylic acid groups (broad SMARTS) is 1. The molecule has 0 saturated carbocycles. The molecule has 0 aromatic carbocycles. The predicted molar refractivity (Wildman–Crippen MR) is 73.0 cm³/mol. The molecule has 0 aliphatic carbocycles. The van der Waals surface area contributed by atoms with Gasteiger partial charge >= 0.3 is 5.97 Å². The highest BCUT2D eigenvalue weighted by Gasteiger charge is 2.20. The Kier molecular flexibility index (Phi) is 6.80. The topological polar surface area (TPSA) is 72.9 Å². The van der Waals surface area contributed by atoms with E-state index in [0.29, 0.717) is 32.1 Å². The lowest BCUT2D eigenvalue weighted by Gasteiger charge is -2.34. The first-order valence-electron chi connectivity index (χ1n) is 6.94. The van der Waals surface area contributed by atoms with Crippen molar-refractivity contribution in [1.29, 1.82) is 0 Å². The van der Waals surface area contributed by atoms with Gasteiger partial charge in [0.2, 0.25) is 5.91 Å². The van der Waals surface area contributed by atoms with Gasteiger partial charge in [-0.1, -0.05) is 13.8 Å². The van der Waals surface area contributed by atoms with Crippen LogP contribution in [0.25, 0.3) is 0 Å². The molecular weight excluding hydrogens is 246 g/mol. The zero-order chi connectivity index (χ0) is 14.3. The number of carbonyl (C=O) groups excluding carboxylic acids is 1. The highest BCUT2D eigenvalue weighted by atomic mass is 16.4. The van der Waals surface area contributed by atoms with E-state index in [-0.39, 0.29) is 12.3 Å². The van der Waals surface area contributed by atoms with Crippen molar-refractivity contribution >= 4 is 11.9 Å². The summed E-state index contributed by atoms with van der Waals surface area (Å²) in [5.41, 5.74) is 0. The Morgan fingerprint density at radius 3 is 2.32 bits per heavy atom. The second-order valence-corrected chi connectivity index (χ2v) is 5.22. The molecule has 6 nitrogen and oxygen atoms in total. The maximum absolute atomic E-state index is 11.9. The van der Waals surface area contributed by atoms with Gasteiger partial charge in [-0.15, -0.1) is 0 Å². The van der Waals surface area contributed by atoms with Gasteiger partial charge in [0.1, 0.15) is 0 Å². The molecular formula is C13H25N3O3. The van der Waals surface area contributed by atoms with Crippen LogP contribution in [0.15, 0.2) is 0 Å². The minimum atomic E-state index is -0.765. The first-order valence-corrected chi connectivity index (χ1v) is 6.94. The van der Waals surface area contributed by atoms with Gasteiger partial charge in [-0.05, 0) is 0 Å². The van der Waals surface area contributed by atoms with E-state index in [4.69, 9.17) is 5.11 Å². The molecule has 2 N–H and O–H groups in total. The summed E-state index contributed by atoms with van der Waals surface area (Å²) in [5, 5.41) is 11.9. The van der Waals surface area contributed by atoms with E-state index >= 15 is 0 Å². The molecule has 1 aliphatic rings. The van der Waals surface area contributed by atoms with Crippen molar-refractivity contribution in [3.8, 4) is 0 Å². The standard InChI is InChI=1S/C13H25N3O3/c1-11(2)14-5-3-12(17)16-9-7-15(8-10-16)6-4-13(18)19/h11,14H,3-10H2,1-2H3,(H,18,19). The van der Waals surface area contributed by atoms with E-state index in [1.807, 2.05) is 4.90 Å². The van der Waals surface area contributed by atoms with E-state index < -0.39 is 5.97 Å². The zero-order valence-electron chi connectivity index (χ0n) is 11.9. The van der Waals surface area contributed by atoms with Crippen LogP contribution >= 0.6 is 0 Å². The number of carboxylic acids is 1. The number of amides is 1. The molecule has 0 spiro atoms. The van der Waals surface area contributed by atoms with Crippen LogP contribution in [0.5, 0.6) is 0 Å². The fraction of sp³-hybridized carbons (Fsp3) is 0.846. The summed E-state index contributed by atoms with van der Waals surface area (Å²) < 4.78 is 0. The highest BCUT2D eigenvalue weighted by Crippen LogP contribution is 2.04. The molecule has 1 saturated heterocycles. The second kappa shape index (κ2) is 8.12. The number of rotatable bonds is 7. The lowest BCUT2D eigenvalue weighted by Crippen LogP contribution is -2.49. The van der Waals surface area contributed by atoms with Crippen molar-refractivity contribution < 1.29 is 14.7 Å². The van der Waals surface area contributed by atoms with E-state index in [9.17, 15) is 9.59 Å². The normalized spacial score (nSPS) is 16.9. The monoisotopic (exact) mass is 271 g/mol. The maximum atomic E-state index is 11.9. The lowest BCUT2D eigenvalue weighted by atomic mass is 10.2. The van der Waals surface area contributed by atoms with Crippen molar-refractivity contribution in [3.05, 3.63) is 0 Å². The Balaban J connectivity index is 2.18. The summed E-state index contributed by atoms with van der Waals surface area (Å²) in [5.74, 6) is -0.579. The summed E-state index contributed by atoms with van der Waals surface area (Å²) >= 11 is 0. The van der Waals surface area contributed by atoms with Gasteiger partial charge in [-0.3, -0.25) is 14.5 Å².